The van der Waals surface area contributed by atoms with E-state index in [0.717, 1.165) is 5.69 Å². The Morgan fingerprint density at radius 3 is 2.32 bits per heavy atom. The summed E-state index contributed by atoms with van der Waals surface area (Å²) in [5.41, 5.74) is 2.34. The van der Waals surface area contributed by atoms with Crippen LogP contribution in [-0.4, -0.2) is 21.5 Å². The van der Waals surface area contributed by atoms with Crippen molar-refractivity contribution >= 4 is 35.5 Å². The monoisotopic (exact) mass is 433 g/mol. The van der Waals surface area contributed by atoms with Gasteiger partial charge in [-0.05, 0) is 60.7 Å². The number of para-hydroxylation sites is 1. The van der Waals surface area contributed by atoms with Crippen LogP contribution in [0.25, 0.3) is 5.69 Å². The quantitative estimate of drug-likeness (QED) is 0.331. The molecule has 9 heteroatoms. The maximum absolute atomic E-state index is 12.8. The summed E-state index contributed by atoms with van der Waals surface area (Å²) in [6.45, 7) is 0.288. The molecule has 31 heavy (non-hydrogen) atoms. The number of hydrogen-bond acceptors (Lipinski definition) is 4. The highest BCUT2D eigenvalue weighted by atomic mass is 32.1. The summed E-state index contributed by atoms with van der Waals surface area (Å²) < 4.78 is 7.27. The molecule has 2 heterocycles. The van der Waals surface area contributed by atoms with E-state index in [1.165, 1.54) is 0 Å². The number of nitrogens with zero attached hydrogens (tertiary/aromatic N) is 1. The maximum atomic E-state index is 12.8. The number of carbonyl (C=O) groups excluding carboxylic acids is 2. The average molecular weight is 433 g/mol. The fourth-order valence-corrected chi connectivity index (χ4v) is 3.22. The molecule has 0 aliphatic heterocycles. The Hall–Kier alpha value is -4.11. The van der Waals surface area contributed by atoms with Crippen LogP contribution in [0.1, 0.15) is 16.2 Å². The molecule has 0 saturated carbocycles. The van der Waals surface area contributed by atoms with Crippen LogP contribution in [0.15, 0.2) is 83.6 Å². The molecule has 0 atom stereocenters. The zero-order valence-corrected chi connectivity index (χ0v) is 17.1. The lowest BCUT2D eigenvalue weighted by atomic mass is 10.2. The Morgan fingerprint density at radius 1 is 0.935 bits per heavy atom. The van der Waals surface area contributed by atoms with Gasteiger partial charge in [0.25, 0.3) is 5.91 Å². The van der Waals surface area contributed by atoms with Crippen molar-refractivity contribution < 1.29 is 14.0 Å². The van der Waals surface area contributed by atoms with Gasteiger partial charge >= 0.3 is 6.03 Å². The van der Waals surface area contributed by atoms with Gasteiger partial charge in [0.1, 0.15) is 11.5 Å². The molecule has 0 fully saturated rings. The van der Waals surface area contributed by atoms with Gasteiger partial charge in [-0.25, -0.2) is 4.79 Å². The molecule has 2 aromatic carbocycles. The molecule has 0 unspecified atom stereocenters. The van der Waals surface area contributed by atoms with Gasteiger partial charge in [-0.1, -0.05) is 18.2 Å². The van der Waals surface area contributed by atoms with E-state index in [4.69, 9.17) is 16.6 Å². The van der Waals surface area contributed by atoms with Gasteiger partial charge in [0, 0.05) is 23.3 Å². The molecular formula is C22H19N5O3S. The lowest BCUT2D eigenvalue weighted by Crippen LogP contribution is -2.27. The fourth-order valence-electron chi connectivity index (χ4n) is 2.96. The van der Waals surface area contributed by atoms with Gasteiger partial charge < -0.3 is 25.4 Å². The first-order chi connectivity index (χ1) is 15.1. The highest BCUT2D eigenvalue weighted by Gasteiger charge is 2.14. The molecule has 4 N–H and O–H groups in total. The Balaban J connectivity index is 1.39. The average Bonchev–Trinajstić information content (AvgIpc) is 3.44. The van der Waals surface area contributed by atoms with E-state index in [2.05, 4.69) is 20.9 Å². The third kappa shape index (κ3) is 4.90. The molecule has 4 rings (SSSR count). The van der Waals surface area contributed by atoms with Crippen LogP contribution in [0.3, 0.4) is 0 Å². The molecule has 0 aliphatic carbocycles. The Kier molecular flexibility index (Phi) is 5.95. The number of nitrogens with one attached hydrogen (secondary N) is 4. The van der Waals surface area contributed by atoms with Crippen molar-refractivity contribution in [3.63, 3.8) is 0 Å². The van der Waals surface area contributed by atoms with Crippen LogP contribution in [-0.2, 0) is 6.54 Å². The molecule has 0 radical (unpaired) electrons. The Bertz CT molecular complexity index is 1230. The van der Waals surface area contributed by atoms with Gasteiger partial charge in [-0.3, -0.25) is 9.36 Å². The second kappa shape index (κ2) is 9.14. The third-order valence-electron chi connectivity index (χ3n) is 4.43. The van der Waals surface area contributed by atoms with Crippen molar-refractivity contribution in [2.75, 3.05) is 10.6 Å². The number of benzene rings is 2. The highest BCUT2D eigenvalue weighted by Crippen LogP contribution is 2.17. The minimum absolute atomic E-state index is 0.288. The zero-order chi connectivity index (χ0) is 21.6. The van der Waals surface area contributed by atoms with Crippen molar-refractivity contribution in [1.29, 1.82) is 0 Å². The number of amides is 3. The number of carbonyl (C=O) groups is 2. The van der Waals surface area contributed by atoms with Crippen molar-refractivity contribution in [2.45, 2.75) is 6.54 Å². The number of hydrogen-bond donors (Lipinski definition) is 4. The van der Waals surface area contributed by atoms with Gasteiger partial charge in [-0.15, -0.1) is 0 Å². The summed E-state index contributed by atoms with van der Waals surface area (Å²) in [5.74, 6) is 0.348. The van der Waals surface area contributed by atoms with Crippen molar-refractivity contribution in [1.82, 2.24) is 14.9 Å². The van der Waals surface area contributed by atoms with E-state index in [1.807, 2.05) is 30.3 Å². The van der Waals surface area contributed by atoms with Crippen molar-refractivity contribution in [3.8, 4) is 5.69 Å². The molecule has 2 aromatic heterocycles. The summed E-state index contributed by atoms with van der Waals surface area (Å²) in [6.07, 6.45) is 3.12. The van der Waals surface area contributed by atoms with Crippen LogP contribution in [0.5, 0.6) is 0 Å². The highest BCUT2D eigenvalue weighted by molar-refractivity contribution is 7.71. The summed E-state index contributed by atoms with van der Waals surface area (Å²) in [4.78, 5) is 27.7. The number of imidazole rings is 1. The van der Waals surface area contributed by atoms with E-state index >= 15 is 0 Å². The fraction of sp³-hybridized carbons (Fsp3) is 0.0455. The minimum Gasteiger partial charge on any atom is -0.467 e. The number of rotatable bonds is 6. The lowest BCUT2D eigenvalue weighted by Gasteiger charge is -2.10. The molecule has 8 nitrogen and oxygen atoms in total. The molecule has 0 bridgehead atoms. The first kappa shape index (κ1) is 20.2. The van der Waals surface area contributed by atoms with E-state index < -0.39 is 0 Å². The predicted octanol–water partition coefficient (Wildman–Crippen LogP) is 4.70. The predicted molar refractivity (Wildman–Crippen MR) is 120 cm³/mol. The van der Waals surface area contributed by atoms with Gasteiger partial charge in [-0.2, -0.15) is 0 Å². The second-order valence-electron chi connectivity index (χ2n) is 6.57. The maximum Gasteiger partial charge on any atom is 0.319 e. The smallest absolute Gasteiger partial charge is 0.319 e. The molecule has 4 aromatic rings. The third-order valence-corrected chi connectivity index (χ3v) is 4.73. The normalized spacial score (nSPS) is 10.5. The van der Waals surface area contributed by atoms with Gasteiger partial charge in [0.2, 0.25) is 0 Å². The van der Waals surface area contributed by atoms with Gasteiger partial charge in [0.15, 0.2) is 4.77 Å². The molecule has 156 valence electrons. The van der Waals surface area contributed by atoms with E-state index in [9.17, 15) is 9.59 Å². The standard InChI is InChI=1S/C22H19N5O3S/c28-20(19-14-24-22(31)27(19)17-5-2-1-3-6-17)25-15-8-10-16(11-9-15)26-21(29)23-13-18-7-4-12-30-18/h1-12,14H,13H2,(H,24,31)(H,25,28)(H2,23,26,29). The van der Waals surface area contributed by atoms with Crippen LogP contribution in [0, 0.1) is 4.77 Å². The summed E-state index contributed by atoms with van der Waals surface area (Å²) in [7, 11) is 0. The SMILES string of the molecule is O=C(NCc1ccco1)Nc1ccc(NC(=O)c2c[nH]c(=S)n2-c2ccccc2)cc1. The Morgan fingerprint density at radius 2 is 1.65 bits per heavy atom. The number of H-pyrrole nitrogens is 1. The first-order valence-corrected chi connectivity index (χ1v) is 9.85. The topological polar surface area (TPSA) is 104 Å². The summed E-state index contributed by atoms with van der Waals surface area (Å²) >= 11 is 5.32. The number of urea groups is 1. The van der Waals surface area contributed by atoms with Gasteiger partial charge in [0.05, 0.1) is 12.8 Å². The van der Waals surface area contributed by atoms with E-state index in [1.54, 1.807) is 53.4 Å². The number of aromatic amines is 1. The number of furan rings is 1. The minimum atomic E-state index is -0.359. The molecule has 0 spiro atoms. The summed E-state index contributed by atoms with van der Waals surface area (Å²) in [6, 6.07) is 19.4. The first-order valence-electron chi connectivity index (χ1n) is 9.44. The largest absolute Gasteiger partial charge is 0.467 e. The van der Waals surface area contributed by atoms with Crippen LogP contribution in [0.4, 0.5) is 16.2 Å². The van der Waals surface area contributed by atoms with Crippen LogP contribution >= 0.6 is 12.2 Å². The van der Waals surface area contributed by atoms with Crippen molar-refractivity contribution in [3.05, 3.63) is 95.4 Å². The molecular weight excluding hydrogens is 414 g/mol. The Labute approximate surface area is 182 Å². The zero-order valence-electron chi connectivity index (χ0n) is 16.3. The number of aromatic nitrogens is 2. The van der Waals surface area contributed by atoms with E-state index in [0.29, 0.717) is 27.6 Å². The number of anilines is 2. The molecule has 0 aliphatic rings. The summed E-state index contributed by atoms with van der Waals surface area (Å²) in [5, 5.41) is 8.26. The lowest BCUT2D eigenvalue weighted by molar-refractivity contribution is 0.102. The molecule has 0 saturated heterocycles. The van der Waals surface area contributed by atoms with Crippen LogP contribution < -0.4 is 16.0 Å². The van der Waals surface area contributed by atoms with E-state index in [-0.39, 0.29) is 18.5 Å². The van der Waals surface area contributed by atoms with Crippen LogP contribution in [0.2, 0.25) is 0 Å². The molecule has 3 amide bonds. The second-order valence-corrected chi connectivity index (χ2v) is 6.96. The van der Waals surface area contributed by atoms with Crippen molar-refractivity contribution in [2.24, 2.45) is 0 Å².